The summed E-state index contributed by atoms with van der Waals surface area (Å²) in [7, 11) is 0. The lowest BCUT2D eigenvalue weighted by Crippen LogP contribution is -2.36. The SMILES string of the molecule is CC[C@H]1CCCC[C@]1(C)O. The normalized spacial score (nSPS) is 41.7. The van der Waals surface area contributed by atoms with Crippen LogP contribution < -0.4 is 0 Å². The van der Waals surface area contributed by atoms with Crippen LogP contribution in [0.5, 0.6) is 0 Å². The molecule has 1 aliphatic rings. The number of hydrogen-bond acceptors (Lipinski definition) is 1. The molecule has 60 valence electrons. The lowest BCUT2D eigenvalue weighted by Gasteiger charge is -2.36. The zero-order valence-corrected chi connectivity index (χ0v) is 7.06. The summed E-state index contributed by atoms with van der Waals surface area (Å²) in [4.78, 5) is 0. The van der Waals surface area contributed by atoms with E-state index in [-0.39, 0.29) is 5.60 Å². The second-order valence-electron chi connectivity index (χ2n) is 3.71. The van der Waals surface area contributed by atoms with Crippen molar-refractivity contribution in [3.8, 4) is 0 Å². The lowest BCUT2D eigenvalue weighted by molar-refractivity contribution is -0.0329. The van der Waals surface area contributed by atoms with E-state index in [1.54, 1.807) is 0 Å². The van der Waals surface area contributed by atoms with Gasteiger partial charge in [0.15, 0.2) is 0 Å². The summed E-state index contributed by atoms with van der Waals surface area (Å²) in [5, 5.41) is 9.83. The predicted octanol–water partition coefficient (Wildman–Crippen LogP) is 2.34. The minimum absolute atomic E-state index is 0.354. The summed E-state index contributed by atoms with van der Waals surface area (Å²) in [6.45, 7) is 4.16. The third-order valence-electron chi connectivity index (χ3n) is 2.86. The number of rotatable bonds is 1. The molecule has 1 nitrogen and oxygen atoms in total. The van der Waals surface area contributed by atoms with Gasteiger partial charge in [-0.15, -0.1) is 0 Å². The highest BCUT2D eigenvalue weighted by atomic mass is 16.3. The molecule has 0 saturated heterocycles. The van der Waals surface area contributed by atoms with Crippen molar-refractivity contribution in [3.63, 3.8) is 0 Å². The van der Waals surface area contributed by atoms with Gasteiger partial charge in [0.1, 0.15) is 0 Å². The Hall–Kier alpha value is -0.0400. The van der Waals surface area contributed by atoms with Gasteiger partial charge in [0.2, 0.25) is 0 Å². The van der Waals surface area contributed by atoms with Gasteiger partial charge in [0, 0.05) is 0 Å². The first-order valence-corrected chi connectivity index (χ1v) is 4.39. The third kappa shape index (κ3) is 1.51. The number of hydrogen-bond donors (Lipinski definition) is 1. The molecule has 1 rings (SSSR count). The highest BCUT2D eigenvalue weighted by molar-refractivity contribution is 4.84. The molecule has 0 aromatic rings. The van der Waals surface area contributed by atoms with Gasteiger partial charge in [-0.1, -0.05) is 26.2 Å². The molecule has 1 heteroatoms. The first kappa shape index (κ1) is 8.06. The highest BCUT2D eigenvalue weighted by Crippen LogP contribution is 2.34. The van der Waals surface area contributed by atoms with Crippen molar-refractivity contribution in [1.82, 2.24) is 0 Å². The van der Waals surface area contributed by atoms with Gasteiger partial charge < -0.3 is 5.11 Å². The van der Waals surface area contributed by atoms with E-state index < -0.39 is 0 Å². The standard InChI is InChI=1S/C9H18O/c1-3-8-6-4-5-7-9(8,2)10/h8,10H,3-7H2,1-2H3/t8-,9-/m0/s1. The van der Waals surface area contributed by atoms with Crippen molar-refractivity contribution in [2.75, 3.05) is 0 Å². The van der Waals surface area contributed by atoms with E-state index in [9.17, 15) is 5.11 Å². The first-order valence-electron chi connectivity index (χ1n) is 4.39. The Bertz CT molecular complexity index is 107. The predicted molar refractivity (Wildman–Crippen MR) is 42.9 cm³/mol. The van der Waals surface area contributed by atoms with Crippen molar-refractivity contribution < 1.29 is 5.11 Å². The maximum Gasteiger partial charge on any atom is 0.0647 e. The van der Waals surface area contributed by atoms with Crippen LogP contribution in [0.25, 0.3) is 0 Å². The van der Waals surface area contributed by atoms with Crippen molar-refractivity contribution in [3.05, 3.63) is 0 Å². The molecule has 0 spiro atoms. The Morgan fingerprint density at radius 1 is 1.50 bits per heavy atom. The fourth-order valence-electron chi connectivity index (χ4n) is 2.03. The average Bonchev–Trinajstić information content (AvgIpc) is 1.87. The van der Waals surface area contributed by atoms with E-state index in [0.29, 0.717) is 5.92 Å². The fraction of sp³-hybridized carbons (Fsp3) is 1.00. The average molecular weight is 142 g/mol. The van der Waals surface area contributed by atoms with E-state index in [1.807, 2.05) is 6.92 Å². The van der Waals surface area contributed by atoms with E-state index in [4.69, 9.17) is 0 Å². The molecule has 0 bridgehead atoms. The van der Waals surface area contributed by atoms with Gasteiger partial charge in [-0.3, -0.25) is 0 Å². The van der Waals surface area contributed by atoms with E-state index in [1.165, 1.54) is 19.3 Å². The maximum absolute atomic E-state index is 9.83. The van der Waals surface area contributed by atoms with Crippen LogP contribution in [0.1, 0.15) is 46.0 Å². The smallest absolute Gasteiger partial charge is 0.0647 e. The molecule has 1 saturated carbocycles. The fourth-order valence-corrected chi connectivity index (χ4v) is 2.03. The molecule has 1 aliphatic carbocycles. The highest BCUT2D eigenvalue weighted by Gasteiger charge is 2.32. The van der Waals surface area contributed by atoms with E-state index in [2.05, 4.69) is 6.92 Å². The van der Waals surface area contributed by atoms with Crippen LogP contribution in [-0.2, 0) is 0 Å². The molecule has 2 atom stereocenters. The molecule has 0 unspecified atom stereocenters. The van der Waals surface area contributed by atoms with Crippen molar-refractivity contribution >= 4 is 0 Å². The summed E-state index contributed by atoms with van der Waals surface area (Å²) in [6.07, 6.45) is 5.89. The topological polar surface area (TPSA) is 20.2 Å². The largest absolute Gasteiger partial charge is 0.390 e. The quantitative estimate of drug-likeness (QED) is 0.595. The van der Waals surface area contributed by atoms with Crippen LogP contribution in [0, 0.1) is 5.92 Å². The summed E-state index contributed by atoms with van der Waals surface area (Å²) in [6, 6.07) is 0. The monoisotopic (exact) mass is 142 g/mol. The van der Waals surface area contributed by atoms with Crippen LogP contribution in [0.2, 0.25) is 0 Å². The molecule has 0 heterocycles. The zero-order chi connectivity index (χ0) is 7.61. The molecule has 10 heavy (non-hydrogen) atoms. The molecule has 0 aromatic carbocycles. The van der Waals surface area contributed by atoms with Crippen molar-refractivity contribution in [2.24, 2.45) is 5.92 Å². The van der Waals surface area contributed by atoms with Crippen LogP contribution in [0.4, 0.5) is 0 Å². The molecule has 1 fully saturated rings. The van der Waals surface area contributed by atoms with Gasteiger partial charge in [0.05, 0.1) is 5.60 Å². The van der Waals surface area contributed by atoms with Crippen LogP contribution in [0.15, 0.2) is 0 Å². The molecular formula is C9H18O. The van der Waals surface area contributed by atoms with E-state index >= 15 is 0 Å². The second kappa shape index (κ2) is 2.91. The minimum atomic E-state index is -0.354. The van der Waals surface area contributed by atoms with Crippen LogP contribution in [-0.4, -0.2) is 10.7 Å². The first-order chi connectivity index (χ1) is 4.67. The Kier molecular flexibility index (Phi) is 2.35. The van der Waals surface area contributed by atoms with Crippen molar-refractivity contribution in [1.29, 1.82) is 0 Å². The molecule has 0 aromatic heterocycles. The minimum Gasteiger partial charge on any atom is -0.390 e. The van der Waals surface area contributed by atoms with Gasteiger partial charge in [-0.2, -0.15) is 0 Å². The van der Waals surface area contributed by atoms with Gasteiger partial charge in [-0.05, 0) is 25.7 Å². The third-order valence-corrected chi connectivity index (χ3v) is 2.86. The molecule has 0 amide bonds. The molecular weight excluding hydrogens is 124 g/mol. The Labute approximate surface area is 63.4 Å². The van der Waals surface area contributed by atoms with Crippen LogP contribution in [0.3, 0.4) is 0 Å². The van der Waals surface area contributed by atoms with Gasteiger partial charge >= 0.3 is 0 Å². The summed E-state index contributed by atoms with van der Waals surface area (Å²) in [5.74, 6) is 0.557. The van der Waals surface area contributed by atoms with E-state index in [0.717, 1.165) is 12.8 Å². The Morgan fingerprint density at radius 2 is 2.20 bits per heavy atom. The van der Waals surface area contributed by atoms with Crippen LogP contribution >= 0.6 is 0 Å². The second-order valence-corrected chi connectivity index (χ2v) is 3.71. The Balaban J connectivity index is 2.51. The summed E-state index contributed by atoms with van der Waals surface area (Å²) >= 11 is 0. The van der Waals surface area contributed by atoms with Gasteiger partial charge in [0.25, 0.3) is 0 Å². The molecule has 0 aliphatic heterocycles. The van der Waals surface area contributed by atoms with Gasteiger partial charge in [-0.25, -0.2) is 0 Å². The molecule has 1 N–H and O–H groups in total. The zero-order valence-electron chi connectivity index (χ0n) is 7.06. The summed E-state index contributed by atoms with van der Waals surface area (Å²) in [5.41, 5.74) is -0.354. The molecule has 0 radical (unpaired) electrons. The maximum atomic E-state index is 9.83. The number of aliphatic hydroxyl groups is 1. The lowest BCUT2D eigenvalue weighted by atomic mass is 9.75. The van der Waals surface area contributed by atoms with Crippen molar-refractivity contribution in [2.45, 2.75) is 51.6 Å². The Morgan fingerprint density at radius 3 is 2.60 bits per heavy atom. The summed E-state index contributed by atoms with van der Waals surface area (Å²) < 4.78 is 0.